The molecule has 5 aromatic carbocycles. The van der Waals surface area contributed by atoms with E-state index in [2.05, 4.69) is 30.3 Å². The summed E-state index contributed by atoms with van der Waals surface area (Å²) in [4.78, 5) is 23.8. The van der Waals surface area contributed by atoms with Crippen LogP contribution in [0.2, 0.25) is 0 Å². The van der Waals surface area contributed by atoms with Gasteiger partial charge in [0, 0.05) is 18.8 Å². The Morgan fingerprint density at radius 3 is 1.74 bits per heavy atom. The summed E-state index contributed by atoms with van der Waals surface area (Å²) in [6.07, 6.45) is -0.470. The lowest BCUT2D eigenvalue weighted by Gasteiger charge is -2.29. The van der Waals surface area contributed by atoms with Crippen LogP contribution < -0.4 is 0 Å². The predicted octanol–water partition coefficient (Wildman–Crippen LogP) is 6.84. The molecule has 2 N–H and O–H groups in total. The van der Waals surface area contributed by atoms with Gasteiger partial charge in [-0.25, -0.2) is 0 Å². The molecule has 0 heterocycles. The maximum absolute atomic E-state index is 11.9. The molecule has 0 fully saturated rings. The van der Waals surface area contributed by atoms with E-state index in [-0.39, 0.29) is 12.8 Å². The molecule has 1 unspecified atom stereocenters. The molecule has 0 aliphatic heterocycles. The van der Waals surface area contributed by atoms with Gasteiger partial charge in [0.05, 0.1) is 0 Å². The standard InChI is InChI=1S/C30H24O4/c31-27(32)17-22(18-28(33)34)30(25-13-5-9-19-7-1-3-11-23(19)25)26-14-6-10-21-16-15-20-8-2-4-12-24(20)29(21)26/h1-16,22,30H,17-18H2,(H,31,32)(H,33,34). The van der Waals surface area contributed by atoms with Crippen molar-refractivity contribution in [2.45, 2.75) is 18.8 Å². The Labute approximate surface area is 197 Å². The van der Waals surface area contributed by atoms with Crippen LogP contribution >= 0.6 is 0 Å². The number of carbonyl (C=O) groups is 2. The smallest absolute Gasteiger partial charge is 0.303 e. The SMILES string of the molecule is O=C(O)CC(CC(=O)O)C(c1cccc2ccccc12)c1cccc2ccc3ccccc3c12. The van der Waals surface area contributed by atoms with E-state index in [9.17, 15) is 19.8 Å². The van der Waals surface area contributed by atoms with Crippen LogP contribution in [0.3, 0.4) is 0 Å². The number of hydrogen-bond donors (Lipinski definition) is 2. The molecular formula is C30H24O4. The number of hydrogen-bond acceptors (Lipinski definition) is 2. The van der Waals surface area contributed by atoms with Crippen molar-refractivity contribution in [2.24, 2.45) is 5.92 Å². The lowest BCUT2D eigenvalue weighted by atomic mass is 9.74. The van der Waals surface area contributed by atoms with E-state index >= 15 is 0 Å². The van der Waals surface area contributed by atoms with Crippen molar-refractivity contribution in [1.29, 1.82) is 0 Å². The minimum absolute atomic E-state index is 0.235. The first-order valence-electron chi connectivity index (χ1n) is 11.3. The number of benzene rings is 5. The highest BCUT2D eigenvalue weighted by Crippen LogP contribution is 2.43. The third-order valence-electron chi connectivity index (χ3n) is 6.64. The second-order valence-electron chi connectivity index (χ2n) is 8.73. The van der Waals surface area contributed by atoms with Gasteiger partial charge in [-0.05, 0) is 49.4 Å². The third kappa shape index (κ3) is 3.99. The van der Waals surface area contributed by atoms with E-state index < -0.39 is 23.8 Å². The van der Waals surface area contributed by atoms with E-state index in [4.69, 9.17) is 0 Å². The maximum atomic E-state index is 11.9. The minimum Gasteiger partial charge on any atom is -0.481 e. The van der Waals surface area contributed by atoms with Crippen LogP contribution in [0.1, 0.15) is 29.9 Å². The largest absolute Gasteiger partial charge is 0.481 e. The second-order valence-corrected chi connectivity index (χ2v) is 8.73. The van der Waals surface area contributed by atoms with Gasteiger partial charge >= 0.3 is 11.9 Å². The fraction of sp³-hybridized carbons (Fsp3) is 0.133. The summed E-state index contributed by atoms with van der Waals surface area (Å²) in [6, 6.07) is 32.3. The first-order valence-corrected chi connectivity index (χ1v) is 11.3. The zero-order valence-corrected chi connectivity index (χ0v) is 18.5. The topological polar surface area (TPSA) is 74.6 Å². The molecule has 0 radical (unpaired) electrons. The first kappa shape index (κ1) is 21.7. The van der Waals surface area contributed by atoms with E-state index in [1.807, 2.05) is 66.7 Å². The Balaban J connectivity index is 1.87. The Kier molecular flexibility index (Phi) is 5.72. The van der Waals surface area contributed by atoms with Crippen molar-refractivity contribution < 1.29 is 19.8 Å². The second kappa shape index (κ2) is 8.99. The molecule has 0 aliphatic carbocycles. The molecule has 0 spiro atoms. The Morgan fingerprint density at radius 2 is 1.06 bits per heavy atom. The average molecular weight is 449 g/mol. The fourth-order valence-electron chi connectivity index (χ4n) is 5.30. The lowest BCUT2D eigenvalue weighted by Crippen LogP contribution is -2.22. The van der Waals surface area contributed by atoms with Crippen LogP contribution in [0, 0.1) is 5.92 Å². The Hall–Kier alpha value is -4.18. The summed E-state index contributed by atoms with van der Waals surface area (Å²) < 4.78 is 0. The van der Waals surface area contributed by atoms with Gasteiger partial charge in [0.2, 0.25) is 0 Å². The van der Waals surface area contributed by atoms with E-state index in [1.165, 1.54) is 0 Å². The summed E-state index contributed by atoms with van der Waals surface area (Å²) in [7, 11) is 0. The number of rotatable bonds is 7. The molecule has 5 aromatic rings. The summed E-state index contributed by atoms with van der Waals surface area (Å²) in [5, 5.41) is 25.8. The van der Waals surface area contributed by atoms with Crippen LogP contribution in [-0.4, -0.2) is 22.2 Å². The molecule has 0 saturated carbocycles. The summed E-state index contributed by atoms with van der Waals surface area (Å²) in [5.41, 5.74) is 1.91. The molecule has 168 valence electrons. The fourth-order valence-corrected chi connectivity index (χ4v) is 5.30. The van der Waals surface area contributed by atoms with Crippen molar-refractivity contribution >= 4 is 44.3 Å². The van der Waals surface area contributed by atoms with Crippen LogP contribution in [0.5, 0.6) is 0 Å². The van der Waals surface area contributed by atoms with Gasteiger partial charge in [-0.1, -0.05) is 97.1 Å². The Bertz CT molecular complexity index is 1510. The highest BCUT2D eigenvalue weighted by molar-refractivity contribution is 6.09. The lowest BCUT2D eigenvalue weighted by molar-refractivity contribution is -0.140. The monoisotopic (exact) mass is 448 g/mol. The van der Waals surface area contributed by atoms with Crippen LogP contribution in [0.4, 0.5) is 0 Å². The van der Waals surface area contributed by atoms with Gasteiger partial charge in [-0.3, -0.25) is 9.59 Å². The predicted molar refractivity (Wildman–Crippen MR) is 135 cm³/mol. The van der Waals surface area contributed by atoms with E-state index in [1.54, 1.807) is 0 Å². The zero-order chi connectivity index (χ0) is 23.7. The molecule has 4 heteroatoms. The maximum Gasteiger partial charge on any atom is 0.303 e. The highest BCUT2D eigenvalue weighted by Gasteiger charge is 2.31. The normalized spacial score (nSPS) is 12.4. The zero-order valence-electron chi connectivity index (χ0n) is 18.5. The van der Waals surface area contributed by atoms with Crippen molar-refractivity contribution in [3.05, 3.63) is 108 Å². The van der Waals surface area contributed by atoms with Crippen molar-refractivity contribution in [2.75, 3.05) is 0 Å². The van der Waals surface area contributed by atoms with Crippen LogP contribution in [-0.2, 0) is 9.59 Å². The van der Waals surface area contributed by atoms with Crippen LogP contribution in [0.15, 0.2) is 97.1 Å². The van der Waals surface area contributed by atoms with Gasteiger partial charge in [0.25, 0.3) is 0 Å². The quantitative estimate of drug-likeness (QED) is 0.267. The van der Waals surface area contributed by atoms with Gasteiger partial charge in [-0.2, -0.15) is 0 Å². The minimum atomic E-state index is -0.999. The van der Waals surface area contributed by atoms with E-state index in [0.717, 1.165) is 43.4 Å². The van der Waals surface area contributed by atoms with Crippen molar-refractivity contribution in [3.8, 4) is 0 Å². The molecule has 4 nitrogen and oxygen atoms in total. The number of carboxylic acid groups (broad SMARTS) is 2. The number of carboxylic acids is 2. The van der Waals surface area contributed by atoms with Crippen molar-refractivity contribution in [3.63, 3.8) is 0 Å². The van der Waals surface area contributed by atoms with Gasteiger partial charge in [0.1, 0.15) is 0 Å². The average Bonchev–Trinajstić information content (AvgIpc) is 2.83. The molecule has 0 amide bonds. The summed E-state index contributed by atoms with van der Waals surface area (Å²) in [6.45, 7) is 0. The Morgan fingerprint density at radius 1 is 0.559 bits per heavy atom. The summed E-state index contributed by atoms with van der Waals surface area (Å²) in [5.74, 6) is -3.03. The van der Waals surface area contributed by atoms with Gasteiger partial charge < -0.3 is 10.2 Å². The number of fused-ring (bicyclic) bond motifs is 4. The molecule has 0 saturated heterocycles. The van der Waals surface area contributed by atoms with E-state index in [0.29, 0.717) is 0 Å². The molecule has 0 bridgehead atoms. The molecule has 5 rings (SSSR count). The highest BCUT2D eigenvalue weighted by atomic mass is 16.4. The van der Waals surface area contributed by atoms with Gasteiger partial charge in [0.15, 0.2) is 0 Å². The van der Waals surface area contributed by atoms with Gasteiger partial charge in [-0.15, -0.1) is 0 Å². The molecule has 0 aliphatic rings. The molecular weight excluding hydrogens is 424 g/mol. The first-order chi connectivity index (χ1) is 16.5. The van der Waals surface area contributed by atoms with Crippen LogP contribution in [0.25, 0.3) is 32.3 Å². The summed E-state index contributed by atoms with van der Waals surface area (Å²) >= 11 is 0. The third-order valence-corrected chi connectivity index (χ3v) is 6.64. The molecule has 1 atom stereocenters. The number of aliphatic carboxylic acids is 2. The van der Waals surface area contributed by atoms with Crippen molar-refractivity contribution in [1.82, 2.24) is 0 Å². The molecule has 34 heavy (non-hydrogen) atoms. The molecule has 0 aromatic heterocycles.